The number of rotatable bonds is 7. The molecule has 0 aliphatic carbocycles. The van der Waals surface area contributed by atoms with Gasteiger partial charge in [-0.05, 0) is 12.3 Å². The van der Waals surface area contributed by atoms with Crippen molar-refractivity contribution in [3.05, 3.63) is 11.2 Å². The smallest absolute Gasteiger partial charge is 0.224 e. The summed E-state index contributed by atoms with van der Waals surface area (Å²) in [6.45, 7) is 7.22. The molecule has 1 rings (SSSR count). The maximum absolute atomic E-state index is 9.72. The van der Waals surface area contributed by atoms with Crippen molar-refractivity contribution >= 4 is 23.4 Å². The minimum Gasteiger partial charge on any atom is -0.391 e. The van der Waals surface area contributed by atoms with Crippen molar-refractivity contribution in [1.82, 2.24) is 9.97 Å². The van der Waals surface area contributed by atoms with Crippen LogP contribution in [0.2, 0.25) is 5.02 Å². The lowest BCUT2D eigenvalue weighted by Gasteiger charge is -2.16. The van der Waals surface area contributed by atoms with Crippen LogP contribution in [0.25, 0.3) is 0 Å². The molecule has 0 radical (unpaired) electrons. The van der Waals surface area contributed by atoms with E-state index in [1.165, 1.54) is 0 Å². The third-order valence-corrected chi connectivity index (χ3v) is 2.80. The minimum absolute atomic E-state index is 0.191. The number of hydrogen-bond acceptors (Lipinski definition) is 5. The molecule has 1 atom stereocenters. The van der Waals surface area contributed by atoms with Crippen LogP contribution in [0.15, 0.2) is 6.20 Å². The first-order valence-electron chi connectivity index (χ1n) is 6.23. The van der Waals surface area contributed by atoms with E-state index in [1.807, 2.05) is 13.8 Å². The molecule has 1 aromatic heterocycles. The third-order valence-electron chi connectivity index (χ3n) is 2.53. The predicted molar refractivity (Wildman–Crippen MR) is 75.2 cm³/mol. The molecule has 0 amide bonds. The number of aromatic nitrogens is 2. The zero-order valence-electron chi connectivity index (χ0n) is 11.1. The third kappa shape index (κ3) is 4.66. The molecule has 0 bridgehead atoms. The van der Waals surface area contributed by atoms with Crippen molar-refractivity contribution in [2.75, 3.05) is 23.7 Å². The summed E-state index contributed by atoms with van der Waals surface area (Å²) in [5.41, 5.74) is 0. The number of halogens is 1. The van der Waals surface area contributed by atoms with E-state index in [0.717, 1.165) is 13.0 Å². The first-order valence-corrected chi connectivity index (χ1v) is 6.60. The van der Waals surface area contributed by atoms with Crippen LogP contribution in [0.3, 0.4) is 0 Å². The number of anilines is 2. The average molecular weight is 273 g/mol. The van der Waals surface area contributed by atoms with E-state index in [4.69, 9.17) is 11.6 Å². The highest BCUT2D eigenvalue weighted by atomic mass is 35.5. The molecule has 5 nitrogen and oxygen atoms in total. The summed E-state index contributed by atoms with van der Waals surface area (Å²) in [5.74, 6) is 1.28. The zero-order valence-corrected chi connectivity index (χ0v) is 11.8. The fraction of sp³-hybridized carbons (Fsp3) is 0.667. The van der Waals surface area contributed by atoms with E-state index < -0.39 is 6.10 Å². The lowest BCUT2D eigenvalue weighted by molar-refractivity contribution is 0.138. The van der Waals surface area contributed by atoms with Gasteiger partial charge in [-0.1, -0.05) is 32.4 Å². The van der Waals surface area contributed by atoms with Crippen LogP contribution in [-0.4, -0.2) is 34.3 Å². The minimum atomic E-state index is -0.428. The van der Waals surface area contributed by atoms with Crippen molar-refractivity contribution < 1.29 is 5.11 Å². The first-order chi connectivity index (χ1) is 8.54. The van der Waals surface area contributed by atoms with Gasteiger partial charge in [0.1, 0.15) is 5.02 Å². The Morgan fingerprint density at radius 2 is 2.11 bits per heavy atom. The van der Waals surface area contributed by atoms with Crippen LogP contribution in [0.4, 0.5) is 11.8 Å². The van der Waals surface area contributed by atoms with Crippen LogP contribution in [0.5, 0.6) is 0 Å². The number of aliphatic hydroxyl groups is 1. The molecule has 1 aromatic rings. The SMILES string of the molecule is CCCNc1ncc(Cl)c(NCC(O)C(C)C)n1. The van der Waals surface area contributed by atoms with Crippen molar-refractivity contribution in [2.24, 2.45) is 5.92 Å². The van der Waals surface area contributed by atoms with Crippen molar-refractivity contribution in [3.8, 4) is 0 Å². The van der Waals surface area contributed by atoms with Crippen LogP contribution >= 0.6 is 11.6 Å². The van der Waals surface area contributed by atoms with Crippen molar-refractivity contribution in [1.29, 1.82) is 0 Å². The van der Waals surface area contributed by atoms with Gasteiger partial charge in [0.25, 0.3) is 0 Å². The second-order valence-electron chi connectivity index (χ2n) is 4.51. The molecule has 0 aliphatic heterocycles. The Morgan fingerprint density at radius 3 is 2.72 bits per heavy atom. The second kappa shape index (κ2) is 7.38. The molecule has 18 heavy (non-hydrogen) atoms. The van der Waals surface area contributed by atoms with E-state index in [9.17, 15) is 5.11 Å². The van der Waals surface area contributed by atoms with E-state index >= 15 is 0 Å². The summed E-state index contributed by atoms with van der Waals surface area (Å²) < 4.78 is 0. The molecule has 3 N–H and O–H groups in total. The lowest BCUT2D eigenvalue weighted by atomic mass is 10.1. The molecular formula is C12H21ClN4O. The fourth-order valence-corrected chi connectivity index (χ4v) is 1.41. The summed E-state index contributed by atoms with van der Waals surface area (Å²) in [7, 11) is 0. The molecule has 0 saturated carbocycles. The predicted octanol–water partition coefficient (Wildman–Crippen LogP) is 2.38. The summed E-state index contributed by atoms with van der Waals surface area (Å²) >= 11 is 6.00. The first kappa shape index (κ1) is 15.0. The van der Waals surface area contributed by atoms with Gasteiger partial charge in [-0.15, -0.1) is 0 Å². The van der Waals surface area contributed by atoms with Crippen molar-refractivity contribution in [2.45, 2.75) is 33.3 Å². The Hall–Kier alpha value is -1.07. The van der Waals surface area contributed by atoms with E-state index in [0.29, 0.717) is 23.3 Å². The van der Waals surface area contributed by atoms with Gasteiger partial charge in [0, 0.05) is 13.1 Å². The van der Waals surface area contributed by atoms with Gasteiger partial charge in [-0.2, -0.15) is 4.98 Å². The largest absolute Gasteiger partial charge is 0.391 e. The highest BCUT2D eigenvalue weighted by molar-refractivity contribution is 6.32. The monoisotopic (exact) mass is 272 g/mol. The zero-order chi connectivity index (χ0) is 13.5. The Morgan fingerprint density at radius 1 is 1.39 bits per heavy atom. The number of hydrogen-bond donors (Lipinski definition) is 3. The van der Waals surface area contributed by atoms with Crippen LogP contribution < -0.4 is 10.6 Å². The number of nitrogens with one attached hydrogen (secondary N) is 2. The maximum atomic E-state index is 9.72. The van der Waals surface area contributed by atoms with E-state index in [1.54, 1.807) is 6.20 Å². The fourth-order valence-electron chi connectivity index (χ4n) is 1.25. The van der Waals surface area contributed by atoms with Gasteiger partial charge >= 0.3 is 0 Å². The van der Waals surface area contributed by atoms with Crippen LogP contribution in [0, 0.1) is 5.92 Å². The van der Waals surface area contributed by atoms with Gasteiger partial charge in [0.05, 0.1) is 12.3 Å². The van der Waals surface area contributed by atoms with Gasteiger partial charge in [0.2, 0.25) is 5.95 Å². The highest BCUT2D eigenvalue weighted by Gasteiger charge is 2.11. The number of nitrogens with zero attached hydrogens (tertiary/aromatic N) is 2. The summed E-state index contributed by atoms with van der Waals surface area (Å²) in [6, 6.07) is 0. The molecule has 102 valence electrons. The Kier molecular flexibility index (Phi) is 6.15. The van der Waals surface area contributed by atoms with Crippen LogP contribution in [-0.2, 0) is 0 Å². The highest BCUT2D eigenvalue weighted by Crippen LogP contribution is 2.19. The van der Waals surface area contributed by atoms with E-state index in [2.05, 4.69) is 27.5 Å². The van der Waals surface area contributed by atoms with Gasteiger partial charge in [-0.3, -0.25) is 0 Å². The van der Waals surface area contributed by atoms with Gasteiger partial charge in [-0.25, -0.2) is 4.98 Å². The molecule has 0 fully saturated rings. The second-order valence-corrected chi connectivity index (χ2v) is 4.92. The Labute approximate surface area is 113 Å². The van der Waals surface area contributed by atoms with Gasteiger partial charge in [0.15, 0.2) is 5.82 Å². The molecular weight excluding hydrogens is 252 g/mol. The lowest BCUT2D eigenvalue weighted by Crippen LogP contribution is -2.25. The Bertz CT molecular complexity index is 373. The topological polar surface area (TPSA) is 70.1 Å². The molecule has 0 aromatic carbocycles. The average Bonchev–Trinajstić information content (AvgIpc) is 2.35. The standard InChI is InChI=1S/C12H21ClN4O/c1-4-5-14-12-16-6-9(13)11(17-12)15-7-10(18)8(2)3/h6,8,10,18H,4-5,7H2,1-3H3,(H2,14,15,16,17). The van der Waals surface area contributed by atoms with E-state index in [-0.39, 0.29) is 5.92 Å². The quantitative estimate of drug-likeness (QED) is 0.711. The molecule has 0 spiro atoms. The Balaban J connectivity index is 2.63. The molecule has 0 saturated heterocycles. The summed E-state index contributed by atoms with van der Waals surface area (Å²) in [4.78, 5) is 8.35. The molecule has 0 aliphatic rings. The normalized spacial score (nSPS) is 12.6. The molecule has 1 heterocycles. The van der Waals surface area contributed by atoms with Crippen LogP contribution in [0.1, 0.15) is 27.2 Å². The molecule has 6 heteroatoms. The van der Waals surface area contributed by atoms with Crippen molar-refractivity contribution in [3.63, 3.8) is 0 Å². The maximum Gasteiger partial charge on any atom is 0.224 e. The molecule has 1 unspecified atom stereocenters. The number of aliphatic hydroxyl groups excluding tert-OH is 1. The summed E-state index contributed by atoms with van der Waals surface area (Å²) in [6.07, 6.45) is 2.13. The van der Waals surface area contributed by atoms with Gasteiger partial charge < -0.3 is 15.7 Å². The summed E-state index contributed by atoms with van der Waals surface area (Å²) in [5, 5.41) is 16.3.